The molecule has 0 aliphatic heterocycles. The topological polar surface area (TPSA) is 56.7 Å². The van der Waals surface area contributed by atoms with Crippen molar-refractivity contribution < 1.29 is 4.74 Å². The van der Waals surface area contributed by atoms with E-state index in [-0.39, 0.29) is 5.41 Å². The summed E-state index contributed by atoms with van der Waals surface area (Å²) in [6.45, 7) is 6.74. The molecule has 0 fully saturated rings. The second-order valence-corrected chi connectivity index (χ2v) is 11.1. The summed E-state index contributed by atoms with van der Waals surface area (Å²) >= 11 is 0. The molecule has 0 aliphatic rings. The molecule has 3 aromatic carbocycles. The van der Waals surface area contributed by atoms with Crippen molar-refractivity contribution in [2.24, 2.45) is 0 Å². The van der Waals surface area contributed by atoms with Crippen molar-refractivity contribution in [3.8, 4) is 11.5 Å². The quantitative estimate of drug-likeness (QED) is 0.222. The molecule has 0 saturated carbocycles. The Labute approximate surface area is 224 Å². The molecule has 0 radical (unpaired) electrons. The Morgan fingerprint density at radius 1 is 0.590 bits per heavy atom. The van der Waals surface area contributed by atoms with Gasteiger partial charge in [0.15, 0.2) is 0 Å². The summed E-state index contributed by atoms with van der Waals surface area (Å²) in [6, 6.07) is 23.2. The largest absolute Gasteiger partial charge is 0.457 e. The first-order valence-corrected chi connectivity index (χ1v) is 13.1. The Bertz CT molecular complexity index is 2250. The van der Waals surface area contributed by atoms with Gasteiger partial charge in [-0.05, 0) is 77.0 Å². The molecule has 39 heavy (non-hydrogen) atoms. The number of fused-ring (bicyclic) bond motifs is 12. The van der Waals surface area contributed by atoms with Crippen LogP contribution in [0.25, 0.3) is 54.8 Å². The number of imidazole rings is 2. The Morgan fingerprint density at radius 2 is 1.26 bits per heavy atom. The first-order chi connectivity index (χ1) is 19.0. The second-order valence-electron chi connectivity index (χ2n) is 11.1. The molecule has 0 amide bonds. The van der Waals surface area contributed by atoms with Crippen LogP contribution >= 0.6 is 0 Å². The van der Waals surface area contributed by atoms with Gasteiger partial charge in [0.1, 0.15) is 22.8 Å². The third kappa shape index (κ3) is 3.24. The lowest BCUT2D eigenvalue weighted by Gasteiger charge is -2.20. The number of rotatable bonds is 2. The lowest BCUT2D eigenvalue weighted by molar-refractivity contribution is 0.484. The summed E-state index contributed by atoms with van der Waals surface area (Å²) in [5.41, 5.74) is 6.29. The maximum Gasteiger partial charge on any atom is 0.145 e. The van der Waals surface area contributed by atoms with E-state index in [1.165, 1.54) is 10.9 Å². The number of hydrogen-bond donors (Lipinski definition) is 0. The lowest BCUT2D eigenvalue weighted by atomic mass is 9.86. The molecule has 188 valence electrons. The van der Waals surface area contributed by atoms with Gasteiger partial charge in [0.25, 0.3) is 0 Å². The minimum Gasteiger partial charge on any atom is -0.457 e. The Balaban J connectivity index is 1.30. The van der Waals surface area contributed by atoms with Gasteiger partial charge in [-0.1, -0.05) is 26.8 Å². The molecule has 0 N–H and O–H groups in total. The van der Waals surface area contributed by atoms with Crippen molar-refractivity contribution in [3.05, 3.63) is 103 Å². The van der Waals surface area contributed by atoms with Crippen molar-refractivity contribution in [2.75, 3.05) is 0 Å². The van der Waals surface area contributed by atoms with E-state index in [0.29, 0.717) is 0 Å². The second kappa shape index (κ2) is 7.77. The SMILES string of the molecule is CC(C)(C)c1ccc2c(c1)c1ccc(Oc3ccc4c(c3)c3nccn3c3cccnc43)cc1c1nccn21. The van der Waals surface area contributed by atoms with Gasteiger partial charge in [0, 0.05) is 52.5 Å². The third-order valence-corrected chi connectivity index (χ3v) is 7.69. The third-order valence-electron chi connectivity index (χ3n) is 7.69. The normalized spacial score (nSPS) is 12.5. The van der Waals surface area contributed by atoms with Crippen molar-refractivity contribution in [1.29, 1.82) is 0 Å². The van der Waals surface area contributed by atoms with Gasteiger partial charge in [0.2, 0.25) is 0 Å². The van der Waals surface area contributed by atoms with Crippen LogP contribution in [0.1, 0.15) is 26.3 Å². The minimum atomic E-state index is 0.0602. The van der Waals surface area contributed by atoms with E-state index in [1.807, 2.05) is 49.2 Å². The molecule has 5 aromatic heterocycles. The smallest absolute Gasteiger partial charge is 0.145 e. The van der Waals surface area contributed by atoms with E-state index in [1.54, 1.807) is 0 Å². The zero-order valence-electron chi connectivity index (χ0n) is 21.9. The van der Waals surface area contributed by atoms with Gasteiger partial charge in [-0.15, -0.1) is 0 Å². The van der Waals surface area contributed by atoms with Crippen LogP contribution in [0.5, 0.6) is 11.5 Å². The average molecular weight is 508 g/mol. The molecule has 6 nitrogen and oxygen atoms in total. The summed E-state index contributed by atoms with van der Waals surface area (Å²) in [7, 11) is 0. The number of nitrogens with zero attached hydrogens (tertiary/aromatic N) is 5. The van der Waals surface area contributed by atoms with Gasteiger partial charge in [-0.3, -0.25) is 13.8 Å². The van der Waals surface area contributed by atoms with Crippen LogP contribution in [0.3, 0.4) is 0 Å². The zero-order valence-corrected chi connectivity index (χ0v) is 21.9. The highest BCUT2D eigenvalue weighted by atomic mass is 16.5. The summed E-state index contributed by atoms with van der Waals surface area (Å²) in [4.78, 5) is 14.0. The van der Waals surface area contributed by atoms with Gasteiger partial charge in [0.05, 0.1) is 16.6 Å². The molecule has 0 spiro atoms. The van der Waals surface area contributed by atoms with Crippen LogP contribution in [0, 0.1) is 0 Å². The van der Waals surface area contributed by atoms with Gasteiger partial charge in [-0.2, -0.15) is 0 Å². The first-order valence-electron chi connectivity index (χ1n) is 13.1. The Morgan fingerprint density at radius 3 is 1.97 bits per heavy atom. The standard InChI is InChI=1S/C33H25N5O/c1-33(2,3)20-6-11-28-25(17-20)23-9-7-21(18-26(23)31-35-13-15-37(28)31)39-22-8-10-24-27(19-22)32-36-14-16-38(32)29-5-4-12-34-30(24)29/h4-19H,1-3H3. The van der Waals surface area contributed by atoms with Crippen LogP contribution in [0.15, 0.2) is 97.7 Å². The van der Waals surface area contributed by atoms with Crippen LogP contribution < -0.4 is 4.74 Å². The van der Waals surface area contributed by atoms with E-state index in [2.05, 4.69) is 88.1 Å². The summed E-state index contributed by atoms with van der Waals surface area (Å²) < 4.78 is 10.7. The summed E-state index contributed by atoms with van der Waals surface area (Å²) in [6.07, 6.45) is 9.51. The average Bonchev–Trinajstić information content (AvgIpc) is 3.63. The molecular formula is C33H25N5O. The van der Waals surface area contributed by atoms with Crippen LogP contribution in [-0.2, 0) is 5.41 Å². The zero-order chi connectivity index (χ0) is 26.3. The molecule has 5 heterocycles. The number of aromatic nitrogens is 5. The molecule has 8 rings (SSSR count). The molecule has 0 atom stereocenters. The highest BCUT2D eigenvalue weighted by Gasteiger charge is 2.17. The van der Waals surface area contributed by atoms with E-state index >= 15 is 0 Å². The maximum absolute atomic E-state index is 6.45. The highest BCUT2D eigenvalue weighted by Crippen LogP contribution is 2.37. The van der Waals surface area contributed by atoms with Crippen LogP contribution in [-0.4, -0.2) is 23.8 Å². The predicted octanol–water partition coefficient (Wildman–Crippen LogP) is 8.08. The molecule has 6 heteroatoms. The lowest BCUT2D eigenvalue weighted by Crippen LogP contribution is -2.10. The first kappa shape index (κ1) is 22.1. The fourth-order valence-electron chi connectivity index (χ4n) is 5.74. The molecular weight excluding hydrogens is 482 g/mol. The maximum atomic E-state index is 6.45. The van der Waals surface area contributed by atoms with Gasteiger partial charge in [-0.25, -0.2) is 9.97 Å². The minimum absolute atomic E-state index is 0.0602. The number of benzene rings is 3. The number of pyridine rings is 3. The van der Waals surface area contributed by atoms with Crippen molar-refractivity contribution in [3.63, 3.8) is 0 Å². The molecule has 0 bridgehead atoms. The van der Waals surface area contributed by atoms with E-state index < -0.39 is 0 Å². The monoisotopic (exact) mass is 507 g/mol. The fraction of sp³-hybridized carbons (Fsp3) is 0.121. The molecule has 0 aliphatic carbocycles. The Hall–Kier alpha value is -4.97. The highest BCUT2D eigenvalue weighted by molar-refractivity contribution is 6.12. The number of ether oxygens (including phenoxy) is 1. The van der Waals surface area contributed by atoms with E-state index in [9.17, 15) is 0 Å². The van der Waals surface area contributed by atoms with E-state index in [0.717, 1.165) is 60.9 Å². The van der Waals surface area contributed by atoms with E-state index in [4.69, 9.17) is 9.72 Å². The van der Waals surface area contributed by atoms with Crippen molar-refractivity contribution in [1.82, 2.24) is 23.8 Å². The molecule has 8 aromatic rings. The van der Waals surface area contributed by atoms with Gasteiger partial charge >= 0.3 is 0 Å². The van der Waals surface area contributed by atoms with Crippen molar-refractivity contribution in [2.45, 2.75) is 26.2 Å². The summed E-state index contributed by atoms with van der Waals surface area (Å²) in [5.74, 6) is 1.51. The number of hydrogen-bond acceptors (Lipinski definition) is 4. The van der Waals surface area contributed by atoms with Crippen molar-refractivity contribution >= 4 is 54.8 Å². The fourth-order valence-corrected chi connectivity index (χ4v) is 5.74. The summed E-state index contributed by atoms with van der Waals surface area (Å²) in [5, 5.41) is 5.48. The predicted molar refractivity (Wildman–Crippen MR) is 157 cm³/mol. The Kier molecular flexibility index (Phi) is 4.39. The molecule has 0 unspecified atom stereocenters. The van der Waals surface area contributed by atoms with Crippen LogP contribution in [0.4, 0.5) is 0 Å². The molecule has 0 saturated heterocycles. The van der Waals surface area contributed by atoms with Gasteiger partial charge < -0.3 is 4.74 Å². The van der Waals surface area contributed by atoms with Crippen LogP contribution in [0.2, 0.25) is 0 Å².